The van der Waals surface area contributed by atoms with Crippen molar-refractivity contribution in [1.82, 2.24) is 15.1 Å². The third-order valence-corrected chi connectivity index (χ3v) is 8.73. The van der Waals surface area contributed by atoms with Crippen LogP contribution >= 0.6 is 0 Å². The van der Waals surface area contributed by atoms with Gasteiger partial charge in [0.05, 0.1) is 0 Å². The molecule has 4 aliphatic rings. The Kier molecular flexibility index (Phi) is 5.65. The van der Waals surface area contributed by atoms with Crippen LogP contribution in [0.2, 0.25) is 0 Å². The van der Waals surface area contributed by atoms with E-state index in [1.807, 2.05) is 22.8 Å². The lowest BCUT2D eigenvalue weighted by Crippen LogP contribution is -2.50. The highest BCUT2D eigenvalue weighted by Crippen LogP contribution is 2.37. The van der Waals surface area contributed by atoms with Crippen LogP contribution in [-0.4, -0.2) is 65.7 Å². The van der Waals surface area contributed by atoms with Gasteiger partial charge in [0.1, 0.15) is 22.7 Å². The molecule has 2 amide bonds. The van der Waals surface area contributed by atoms with Crippen LogP contribution in [0.3, 0.4) is 0 Å². The van der Waals surface area contributed by atoms with Crippen LogP contribution in [0.15, 0.2) is 57.9 Å². The number of nitrogens with zero attached hydrogens (tertiary/aromatic N) is 3. The summed E-state index contributed by atoms with van der Waals surface area (Å²) < 4.78 is 5.73. The average Bonchev–Trinajstić information content (AvgIpc) is 3.48. The third-order valence-electron chi connectivity index (χ3n) is 8.73. The molecule has 0 radical (unpaired) electrons. The van der Waals surface area contributed by atoms with Gasteiger partial charge < -0.3 is 14.6 Å². The Hall–Kier alpha value is -3.45. The van der Waals surface area contributed by atoms with Crippen LogP contribution in [0, 0.1) is 18.8 Å². The second-order valence-corrected chi connectivity index (χ2v) is 11.5. The number of piperidine rings is 1. The van der Waals surface area contributed by atoms with E-state index >= 15 is 0 Å². The standard InChI is InChI=1S/C31H34N4O3/c1-20-16-26-17-25(8-9-27(26)38-20)22-2-4-23(5-3-22)28-33-31(11-13-32-14-12-31)30(37)35(28)19-21-10-15-34(18-21)29(36)24-6-7-24/h2-5,8-9,16-17,21,24,32H,6-7,10-15,18-19H2,1H3/t21-/m1/s1. The zero-order valence-corrected chi connectivity index (χ0v) is 21.9. The van der Waals surface area contributed by atoms with Crippen LogP contribution < -0.4 is 5.32 Å². The Balaban J connectivity index is 1.15. The first-order valence-corrected chi connectivity index (χ1v) is 14.0. The molecule has 2 aromatic carbocycles. The molecular weight excluding hydrogens is 476 g/mol. The van der Waals surface area contributed by atoms with Crippen molar-refractivity contribution >= 4 is 28.6 Å². The number of furan rings is 1. The molecule has 1 saturated carbocycles. The highest BCUT2D eigenvalue weighted by Gasteiger charge is 2.49. The lowest BCUT2D eigenvalue weighted by atomic mass is 9.88. The summed E-state index contributed by atoms with van der Waals surface area (Å²) in [6, 6.07) is 16.7. The van der Waals surface area contributed by atoms with Crippen molar-refractivity contribution < 1.29 is 14.0 Å². The minimum atomic E-state index is -0.661. The summed E-state index contributed by atoms with van der Waals surface area (Å²) in [5.41, 5.74) is 3.46. The minimum absolute atomic E-state index is 0.130. The predicted octanol–water partition coefficient (Wildman–Crippen LogP) is 4.38. The molecule has 7 heteroatoms. The van der Waals surface area contributed by atoms with Crippen LogP contribution in [-0.2, 0) is 9.59 Å². The van der Waals surface area contributed by atoms with Crippen molar-refractivity contribution in [1.29, 1.82) is 0 Å². The topological polar surface area (TPSA) is 78.2 Å². The van der Waals surface area contributed by atoms with Gasteiger partial charge in [0.15, 0.2) is 0 Å². The normalized spacial score (nSPS) is 23.0. The SMILES string of the molecule is Cc1cc2cc(-c3ccc(C4=NC5(CCNCC5)C(=O)N4C[C@@H]4CCN(C(=O)C5CC5)C4)cc3)ccc2o1. The first-order valence-electron chi connectivity index (χ1n) is 14.0. The van der Waals surface area contributed by atoms with Crippen molar-refractivity contribution in [3.8, 4) is 11.1 Å². The molecule has 1 aromatic heterocycles. The fraction of sp³-hybridized carbons (Fsp3) is 0.452. The predicted molar refractivity (Wildman–Crippen MR) is 147 cm³/mol. The van der Waals surface area contributed by atoms with Crippen LogP contribution in [0.4, 0.5) is 0 Å². The molecule has 0 unspecified atom stereocenters. The molecule has 38 heavy (non-hydrogen) atoms. The van der Waals surface area contributed by atoms with Gasteiger partial charge in [0.25, 0.3) is 5.91 Å². The second-order valence-electron chi connectivity index (χ2n) is 11.5. The summed E-state index contributed by atoms with van der Waals surface area (Å²) >= 11 is 0. The van der Waals surface area contributed by atoms with Gasteiger partial charge in [-0.05, 0) is 87.4 Å². The van der Waals surface area contributed by atoms with Gasteiger partial charge >= 0.3 is 0 Å². The van der Waals surface area contributed by atoms with E-state index in [1.165, 1.54) is 0 Å². The molecule has 1 N–H and O–H groups in total. The molecule has 2 saturated heterocycles. The smallest absolute Gasteiger partial charge is 0.256 e. The number of benzene rings is 2. The molecule has 3 aromatic rings. The number of amides is 2. The Bertz CT molecular complexity index is 1430. The van der Waals surface area contributed by atoms with Crippen LogP contribution in [0.1, 0.15) is 43.4 Å². The first kappa shape index (κ1) is 23.7. The van der Waals surface area contributed by atoms with Crippen molar-refractivity contribution in [3.63, 3.8) is 0 Å². The van der Waals surface area contributed by atoms with Gasteiger partial charge in [-0.25, -0.2) is 0 Å². The van der Waals surface area contributed by atoms with Crippen LogP contribution in [0.5, 0.6) is 0 Å². The van der Waals surface area contributed by atoms with Gasteiger partial charge in [-0.15, -0.1) is 0 Å². The lowest BCUT2D eigenvalue weighted by Gasteiger charge is -2.31. The van der Waals surface area contributed by atoms with Gasteiger partial charge in [0.2, 0.25) is 5.91 Å². The van der Waals surface area contributed by atoms with E-state index in [0.29, 0.717) is 12.5 Å². The quantitative estimate of drug-likeness (QED) is 0.553. The maximum atomic E-state index is 13.9. The molecule has 7 nitrogen and oxygen atoms in total. The molecule has 3 fully saturated rings. The maximum absolute atomic E-state index is 13.9. The number of rotatable bonds is 5. The van der Waals surface area contributed by atoms with Gasteiger partial charge in [-0.1, -0.05) is 30.3 Å². The van der Waals surface area contributed by atoms with E-state index in [1.54, 1.807) is 0 Å². The summed E-state index contributed by atoms with van der Waals surface area (Å²) in [4.78, 5) is 35.6. The number of aliphatic imine (C=N–C) groups is 1. The van der Waals surface area contributed by atoms with E-state index in [9.17, 15) is 9.59 Å². The highest BCUT2D eigenvalue weighted by molar-refractivity contribution is 6.15. The van der Waals surface area contributed by atoms with Crippen molar-refractivity contribution in [2.24, 2.45) is 16.8 Å². The molecule has 7 rings (SSSR count). The third kappa shape index (κ3) is 4.13. The zero-order valence-electron chi connectivity index (χ0n) is 21.9. The number of hydrogen-bond donors (Lipinski definition) is 1. The lowest BCUT2D eigenvalue weighted by molar-refractivity contribution is -0.132. The van der Waals surface area contributed by atoms with Crippen LogP contribution in [0.25, 0.3) is 22.1 Å². The molecule has 4 heterocycles. The van der Waals surface area contributed by atoms with E-state index in [0.717, 1.165) is 97.5 Å². The molecular formula is C31H34N4O3. The number of fused-ring (bicyclic) bond motifs is 1. The summed E-state index contributed by atoms with van der Waals surface area (Å²) in [6.45, 7) is 5.75. The molecule has 1 atom stereocenters. The number of carbonyl (C=O) groups excluding carboxylic acids is 2. The number of carbonyl (C=O) groups is 2. The number of nitrogens with one attached hydrogen (secondary N) is 1. The summed E-state index contributed by atoms with van der Waals surface area (Å²) in [5, 5.41) is 4.48. The average molecular weight is 511 g/mol. The summed E-state index contributed by atoms with van der Waals surface area (Å²) in [7, 11) is 0. The molecule has 1 aliphatic carbocycles. The Morgan fingerprint density at radius 1 is 1.03 bits per heavy atom. The van der Waals surface area contributed by atoms with E-state index in [4.69, 9.17) is 9.41 Å². The van der Waals surface area contributed by atoms with Crippen molar-refractivity contribution in [2.45, 2.75) is 44.6 Å². The van der Waals surface area contributed by atoms with E-state index in [-0.39, 0.29) is 17.7 Å². The monoisotopic (exact) mass is 510 g/mol. The summed E-state index contributed by atoms with van der Waals surface area (Å²) in [6.07, 6.45) is 4.46. The highest BCUT2D eigenvalue weighted by atomic mass is 16.3. The van der Waals surface area contributed by atoms with Crippen molar-refractivity contribution in [3.05, 3.63) is 59.9 Å². The number of likely N-dealkylation sites (tertiary alicyclic amines) is 1. The molecule has 0 bridgehead atoms. The fourth-order valence-corrected chi connectivity index (χ4v) is 6.41. The molecule has 3 aliphatic heterocycles. The van der Waals surface area contributed by atoms with E-state index in [2.05, 4.69) is 47.8 Å². The number of hydrogen-bond acceptors (Lipinski definition) is 5. The van der Waals surface area contributed by atoms with Gasteiger partial charge in [-0.3, -0.25) is 19.5 Å². The molecule has 196 valence electrons. The zero-order chi connectivity index (χ0) is 25.9. The minimum Gasteiger partial charge on any atom is -0.461 e. The summed E-state index contributed by atoms with van der Waals surface area (Å²) in [5.74, 6) is 2.67. The maximum Gasteiger partial charge on any atom is 0.256 e. The Morgan fingerprint density at radius 3 is 2.53 bits per heavy atom. The van der Waals surface area contributed by atoms with E-state index < -0.39 is 5.54 Å². The largest absolute Gasteiger partial charge is 0.461 e. The first-order chi connectivity index (χ1) is 18.5. The Labute approximate surface area is 222 Å². The fourth-order valence-electron chi connectivity index (χ4n) is 6.41. The Morgan fingerprint density at radius 2 is 1.76 bits per heavy atom. The van der Waals surface area contributed by atoms with Gasteiger partial charge in [-0.2, -0.15) is 0 Å². The number of amidine groups is 1. The second kappa shape index (κ2) is 9.09. The molecule has 1 spiro atoms. The number of aryl methyl sites for hydroxylation is 1. The van der Waals surface area contributed by atoms with Gasteiger partial charge in [0, 0.05) is 36.5 Å². The van der Waals surface area contributed by atoms with Crippen molar-refractivity contribution in [2.75, 3.05) is 32.7 Å².